The highest BCUT2D eigenvalue weighted by Crippen LogP contribution is 2.26. The Balaban J connectivity index is 2.92. The van der Waals surface area contributed by atoms with E-state index in [-0.39, 0.29) is 13.1 Å². The van der Waals surface area contributed by atoms with Crippen molar-refractivity contribution in [3.8, 4) is 0 Å². The van der Waals surface area contributed by atoms with E-state index >= 15 is 0 Å². The van der Waals surface area contributed by atoms with Gasteiger partial charge in [0.2, 0.25) is 20.2 Å². The molecular weight excluding hydrogens is 281 g/mol. The second-order valence-electron chi connectivity index (χ2n) is 3.30. The number of hydrogen-bond donors (Lipinski definition) is 0. The molecule has 2 bridgehead atoms. The highest BCUT2D eigenvalue weighted by molar-refractivity contribution is 8.11. The summed E-state index contributed by atoms with van der Waals surface area (Å²) in [5, 5.41) is 0. The average Bonchev–Trinajstić information content (AvgIpc) is 2.13. The zero-order chi connectivity index (χ0) is 12.2. The molecule has 0 spiro atoms. The lowest BCUT2D eigenvalue weighted by Crippen LogP contribution is -2.29. The van der Waals surface area contributed by atoms with E-state index in [1.165, 1.54) is 14.1 Å². The lowest BCUT2D eigenvalue weighted by Gasteiger charge is -2.15. The van der Waals surface area contributed by atoms with Crippen LogP contribution in [-0.2, 0) is 30.5 Å². The van der Waals surface area contributed by atoms with Gasteiger partial charge in [-0.1, -0.05) is 11.3 Å². The SMILES string of the molecule is CN1CCN(C)S2(=O)=NS1(=O)=NS(=O)(F)=N2. The van der Waals surface area contributed by atoms with Crippen molar-refractivity contribution in [2.24, 2.45) is 11.3 Å². The third kappa shape index (κ3) is 1.84. The maximum atomic E-state index is 13.3. The molecule has 0 fully saturated rings. The van der Waals surface area contributed by atoms with E-state index in [0.717, 1.165) is 8.61 Å². The maximum absolute atomic E-state index is 13.3. The summed E-state index contributed by atoms with van der Waals surface area (Å²) < 4.78 is 60.3. The highest BCUT2D eigenvalue weighted by atomic mass is 32.3. The van der Waals surface area contributed by atoms with E-state index in [9.17, 15) is 16.5 Å². The zero-order valence-corrected chi connectivity index (χ0v) is 10.9. The quantitative estimate of drug-likeness (QED) is 0.575. The number of hydrogen-bond acceptors (Lipinski definition) is 3. The van der Waals surface area contributed by atoms with Crippen molar-refractivity contribution in [1.82, 2.24) is 8.61 Å². The zero-order valence-electron chi connectivity index (χ0n) is 8.48. The van der Waals surface area contributed by atoms with Gasteiger partial charge in [-0.25, -0.2) is 8.42 Å². The van der Waals surface area contributed by atoms with Gasteiger partial charge in [0.15, 0.2) is 0 Å². The fraction of sp³-hybridized carbons (Fsp3) is 1.00. The number of halogens is 1. The molecule has 12 heteroatoms. The molecule has 2 aliphatic rings. The predicted octanol–water partition coefficient (Wildman–Crippen LogP) is -0.259. The summed E-state index contributed by atoms with van der Waals surface area (Å²) >= 11 is 0. The van der Waals surface area contributed by atoms with Crippen molar-refractivity contribution in [2.45, 2.75) is 0 Å². The number of nitrogens with zero attached hydrogens (tertiary/aromatic N) is 5. The van der Waals surface area contributed by atoms with E-state index < -0.39 is 30.5 Å². The summed E-state index contributed by atoms with van der Waals surface area (Å²) in [4.78, 5) is 0. The van der Waals surface area contributed by atoms with Crippen LogP contribution in [0.3, 0.4) is 0 Å². The monoisotopic (exact) mass is 291 g/mol. The van der Waals surface area contributed by atoms with Gasteiger partial charge in [0, 0.05) is 27.2 Å². The highest BCUT2D eigenvalue weighted by Gasteiger charge is 2.34. The van der Waals surface area contributed by atoms with Crippen molar-refractivity contribution in [2.75, 3.05) is 27.2 Å². The molecule has 0 N–H and O–H groups in total. The molecule has 2 heterocycles. The fourth-order valence-electron chi connectivity index (χ4n) is 1.15. The molecule has 2 rings (SSSR count). The molecule has 0 amide bonds. The number of fused-ring (bicyclic) bond motifs is 1. The minimum atomic E-state index is -4.58. The van der Waals surface area contributed by atoms with E-state index in [1.54, 1.807) is 0 Å². The summed E-state index contributed by atoms with van der Waals surface area (Å²) in [6, 6.07) is 0. The van der Waals surface area contributed by atoms with Gasteiger partial charge >= 0.3 is 10.3 Å². The van der Waals surface area contributed by atoms with E-state index in [2.05, 4.69) is 11.3 Å². The van der Waals surface area contributed by atoms with E-state index in [1.807, 2.05) is 0 Å². The van der Waals surface area contributed by atoms with Crippen LogP contribution in [0.25, 0.3) is 0 Å². The molecule has 0 aliphatic carbocycles. The third-order valence-electron chi connectivity index (χ3n) is 2.11. The van der Waals surface area contributed by atoms with Crippen LogP contribution in [0, 0.1) is 0 Å². The summed E-state index contributed by atoms with van der Waals surface area (Å²) in [5.74, 6) is 0. The number of rotatable bonds is 0. The van der Waals surface area contributed by atoms with Crippen LogP contribution in [0.5, 0.6) is 0 Å². The lowest BCUT2D eigenvalue weighted by atomic mass is 10.6. The molecule has 16 heavy (non-hydrogen) atoms. The first kappa shape index (κ1) is 12.2. The number of likely N-dealkylation sites (N-methyl/N-ethyl adjacent to an activating group) is 2. The Bertz CT molecular complexity index is 659. The predicted molar refractivity (Wildman–Crippen MR) is 58.1 cm³/mol. The average molecular weight is 291 g/mol. The molecule has 0 aromatic carbocycles. The Hall–Kier alpha value is -0.300. The van der Waals surface area contributed by atoms with Crippen molar-refractivity contribution in [3.05, 3.63) is 0 Å². The van der Waals surface area contributed by atoms with Crippen LogP contribution in [0.15, 0.2) is 11.3 Å². The van der Waals surface area contributed by atoms with Crippen molar-refractivity contribution < 1.29 is 16.5 Å². The van der Waals surface area contributed by atoms with Gasteiger partial charge in [-0.05, 0) is 0 Å². The van der Waals surface area contributed by atoms with Crippen LogP contribution in [0.4, 0.5) is 3.89 Å². The summed E-state index contributed by atoms with van der Waals surface area (Å²) in [5.41, 5.74) is 0. The fourth-order valence-corrected chi connectivity index (χ4v) is 7.60. The van der Waals surface area contributed by atoms with Gasteiger partial charge in [-0.2, -0.15) is 12.8 Å². The van der Waals surface area contributed by atoms with Gasteiger partial charge < -0.3 is 0 Å². The minimum Gasteiger partial charge on any atom is -0.207 e. The van der Waals surface area contributed by atoms with Crippen molar-refractivity contribution >= 4 is 30.5 Å². The normalized spacial score (nSPS) is 49.7. The molecule has 3 atom stereocenters. The Morgan fingerprint density at radius 1 is 0.938 bits per heavy atom. The largest absolute Gasteiger partial charge is 0.337 e. The van der Waals surface area contributed by atoms with Crippen LogP contribution >= 0.6 is 0 Å². The first-order valence-corrected chi connectivity index (χ1v) is 8.37. The molecule has 0 aromatic rings. The van der Waals surface area contributed by atoms with Crippen LogP contribution in [0.1, 0.15) is 0 Å². The maximum Gasteiger partial charge on any atom is 0.337 e. The molecule has 3 unspecified atom stereocenters. The van der Waals surface area contributed by atoms with Crippen LogP contribution < -0.4 is 0 Å². The second kappa shape index (κ2) is 3.35. The summed E-state index contributed by atoms with van der Waals surface area (Å²) in [7, 11) is -8.97. The van der Waals surface area contributed by atoms with Gasteiger partial charge in [-0.3, -0.25) is 0 Å². The van der Waals surface area contributed by atoms with Gasteiger partial charge in [0.1, 0.15) is 0 Å². The van der Waals surface area contributed by atoms with Crippen LogP contribution in [0.2, 0.25) is 0 Å². The standard InChI is InChI=1S/C4H10FN5O3S3/c1-9-3-4-10(2)16(13)7-14(5,11)6-15(9,12)8-16/h3-4H2,1-2H3. The Labute approximate surface area is 94.3 Å². The Kier molecular flexibility index (Phi) is 2.55. The molecule has 2 aliphatic heterocycles. The molecule has 8 nitrogen and oxygen atoms in total. The summed E-state index contributed by atoms with van der Waals surface area (Å²) in [6.07, 6.45) is 0. The third-order valence-corrected chi connectivity index (χ3v) is 8.68. The van der Waals surface area contributed by atoms with E-state index in [0.29, 0.717) is 0 Å². The molecule has 0 radical (unpaired) electrons. The summed E-state index contributed by atoms with van der Waals surface area (Å²) in [6.45, 7) is 0.425. The topological polar surface area (TPSA) is 94.8 Å². The molecule has 94 valence electrons. The Morgan fingerprint density at radius 2 is 1.38 bits per heavy atom. The molecule has 0 saturated heterocycles. The molecular formula is C4H10FN5O3S3. The molecule has 0 aromatic heterocycles. The second-order valence-corrected chi connectivity index (χ2v) is 9.07. The smallest absolute Gasteiger partial charge is 0.207 e. The first-order valence-electron chi connectivity index (χ1n) is 4.14. The van der Waals surface area contributed by atoms with Crippen molar-refractivity contribution in [3.63, 3.8) is 0 Å². The molecule has 0 saturated carbocycles. The van der Waals surface area contributed by atoms with Gasteiger partial charge in [0.25, 0.3) is 0 Å². The van der Waals surface area contributed by atoms with Gasteiger partial charge in [-0.15, -0.1) is 3.89 Å². The van der Waals surface area contributed by atoms with E-state index in [4.69, 9.17) is 0 Å². The van der Waals surface area contributed by atoms with Crippen molar-refractivity contribution in [1.29, 1.82) is 0 Å². The van der Waals surface area contributed by atoms with Crippen LogP contribution in [-0.4, -0.2) is 48.4 Å². The Morgan fingerprint density at radius 3 is 1.88 bits per heavy atom. The minimum absolute atomic E-state index is 0.213. The van der Waals surface area contributed by atoms with Gasteiger partial charge in [0.05, 0.1) is 0 Å². The first-order chi connectivity index (χ1) is 7.17. The lowest BCUT2D eigenvalue weighted by molar-refractivity contribution is 0.444.